The molecule has 0 amide bonds. The zero-order chi connectivity index (χ0) is 10.6. The molecule has 15 heavy (non-hydrogen) atoms. The molecule has 2 rings (SSSR count). The lowest BCUT2D eigenvalue weighted by Crippen LogP contribution is -2.68. The highest BCUT2D eigenvalue weighted by molar-refractivity contribution is 5.85. The van der Waals surface area contributed by atoms with E-state index in [4.69, 9.17) is 5.73 Å². The minimum absolute atomic E-state index is 0. The number of ether oxygens (including phenoxy) is 1. The summed E-state index contributed by atoms with van der Waals surface area (Å²) in [7, 11) is 1.26. The molecule has 0 aromatic rings. The minimum Gasteiger partial charge on any atom is -0.468 e. The van der Waals surface area contributed by atoms with Crippen molar-refractivity contribution in [3.63, 3.8) is 0 Å². The Bertz CT molecular complexity index is 280. The highest BCUT2D eigenvalue weighted by Gasteiger charge is 2.68. The maximum absolute atomic E-state index is 12.6. The van der Waals surface area contributed by atoms with Gasteiger partial charge in [-0.3, -0.25) is 4.79 Å². The third kappa shape index (κ3) is 1.83. The fraction of sp³-hybridized carbons (Fsp3) is 0.889. The molecule has 0 atom stereocenters. The van der Waals surface area contributed by atoms with Crippen LogP contribution in [-0.4, -0.2) is 24.5 Å². The number of alkyl halides is 2. The number of nitrogens with two attached hydrogens (primary N) is 1. The number of carbonyl (C=O) groups excluding carboxylic acids is 1. The molecule has 0 aliphatic heterocycles. The van der Waals surface area contributed by atoms with Crippen molar-refractivity contribution in [2.75, 3.05) is 7.11 Å². The number of methoxy groups -OCH3 is 1. The van der Waals surface area contributed by atoms with Gasteiger partial charge in [-0.1, -0.05) is 0 Å². The van der Waals surface area contributed by atoms with E-state index >= 15 is 0 Å². The summed E-state index contributed by atoms with van der Waals surface area (Å²) in [6.45, 7) is 0. The summed E-state index contributed by atoms with van der Waals surface area (Å²) in [6.07, 6.45) is 0.413. The van der Waals surface area contributed by atoms with Gasteiger partial charge in [0.05, 0.1) is 7.11 Å². The Morgan fingerprint density at radius 3 is 2.07 bits per heavy atom. The standard InChI is InChI=1S/C9H13F2NO2.ClH/c1-14-6(13)8(12)2-7(3-8)4-9(10,11)5-7;/h2-5,12H2,1H3;1H. The SMILES string of the molecule is COC(=O)C1(N)CC2(CC(F)(F)C2)C1.Cl. The van der Waals surface area contributed by atoms with Crippen LogP contribution in [0.15, 0.2) is 0 Å². The topological polar surface area (TPSA) is 52.3 Å². The molecule has 3 nitrogen and oxygen atoms in total. The van der Waals surface area contributed by atoms with Crippen molar-refractivity contribution in [1.82, 2.24) is 0 Å². The van der Waals surface area contributed by atoms with Crippen LogP contribution in [0.1, 0.15) is 25.7 Å². The van der Waals surface area contributed by atoms with Gasteiger partial charge < -0.3 is 10.5 Å². The smallest absolute Gasteiger partial charge is 0.325 e. The fourth-order valence-electron chi connectivity index (χ4n) is 2.93. The zero-order valence-electron chi connectivity index (χ0n) is 8.39. The Hall–Kier alpha value is -0.420. The first-order chi connectivity index (χ1) is 6.31. The van der Waals surface area contributed by atoms with Crippen molar-refractivity contribution in [2.45, 2.75) is 37.1 Å². The highest BCUT2D eigenvalue weighted by atomic mass is 35.5. The normalized spacial score (nSPS) is 28.3. The van der Waals surface area contributed by atoms with E-state index in [-0.39, 0.29) is 30.7 Å². The van der Waals surface area contributed by atoms with Crippen LogP contribution >= 0.6 is 12.4 Å². The molecule has 2 aliphatic carbocycles. The van der Waals surface area contributed by atoms with E-state index in [1.54, 1.807) is 0 Å². The second-order valence-corrected chi connectivity index (χ2v) is 4.71. The second-order valence-electron chi connectivity index (χ2n) is 4.71. The first kappa shape index (κ1) is 12.6. The van der Waals surface area contributed by atoms with Gasteiger partial charge in [0.15, 0.2) is 0 Å². The van der Waals surface area contributed by atoms with Gasteiger partial charge in [0.25, 0.3) is 0 Å². The van der Waals surface area contributed by atoms with Gasteiger partial charge in [0.2, 0.25) is 5.92 Å². The molecule has 6 heteroatoms. The Balaban J connectivity index is 0.00000112. The van der Waals surface area contributed by atoms with Crippen LogP contribution in [0.25, 0.3) is 0 Å². The van der Waals surface area contributed by atoms with Gasteiger partial charge in [-0.25, -0.2) is 8.78 Å². The summed E-state index contributed by atoms with van der Waals surface area (Å²) in [6, 6.07) is 0. The summed E-state index contributed by atoms with van der Waals surface area (Å²) >= 11 is 0. The van der Waals surface area contributed by atoms with Crippen LogP contribution in [-0.2, 0) is 9.53 Å². The largest absolute Gasteiger partial charge is 0.468 e. The maximum atomic E-state index is 12.6. The molecule has 0 aromatic carbocycles. The van der Waals surface area contributed by atoms with Crippen LogP contribution in [0.3, 0.4) is 0 Å². The van der Waals surface area contributed by atoms with Crippen LogP contribution in [0.5, 0.6) is 0 Å². The fourth-order valence-corrected chi connectivity index (χ4v) is 2.93. The minimum atomic E-state index is -2.54. The molecule has 0 unspecified atom stereocenters. The first-order valence-corrected chi connectivity index (χ1v) is 4.56. The zero-order valence-corrected chi connectivity index (χ0v) is 9.20. The summed E-state index contributed by atoms with van der Waals surface area (Å²) in [5.74, 6) is -3.03. The van der Waals surface area contributed by atoms with Gasteiger partial charge >= 0.3 is 5.97 Å². The monoisotopic (exact) mass is 241 g/mol. The van der Waals surface area contributed by atoms with E-state index in [1.807, 2.05) is 0 Å². The molecular weight excluding hydrogens is 228 g/mol. The third-order valence-electron chi connectivity index (χ3n) is 3.24. The van der Waals surface area contributed by atoms with Crippen molar-refractivity contribution in [3.05, 3.63) is 0 Å². The molecule has 88 valence electrons. The lowest BCUT2D eigenvalue weighted by molar-refractivity contribution is -0.218. The molecule has 2 fully saturated rings. The molecular formula is C9H14ClF2NO2. The van der Waals surface area contributed by atoms with E-state index < -0.39 is 17.4 Å². The molecule has 0 aromatic heterocycles. The lowest BCUT2D eigenvalue weighted by Gasteiger charge is -2.60. The third-order valence-corrected chi connectivity index (χ3v) is 3.24. The summed E-state index contributed by atoms with van der Waals surface area (Å²) < 4.78 is 29.8. The van der Waals surface area contributed by atoms with Gasteiger partial charge in [0.1, 0.15) is 5.54 Å². The van der Waals surface area contributed by atoms with E-state index in [2.05, 4.69) is 4.74 Å². The van der Waals surface area contributed by atoms with Crippen molar-refractivity contribution in [2.24, 2.45) is 11.1 Å². The molecule has 1 spiro atoms. The quantitative estimate of drug-likeness (QED) is 0.708. The van der Waals surface area contributed by atoms with E-state index in [1.165, 1.54) is 7.11 Å². The summed E-state index contributed by atoms with van der Waals surface area (Å²) in [4.78, 5) is 11.2. The predicted octanol–water partition coefficient (Wildman–Crippen LogP) is 1.49. The Kier molecular flexibility index (Phi) is 2.77. The number of hydrogen-bond acceptors (Lipinski definition) is 3. The Morgan fingerprint density at radius 2 is 1.73 bits per heavy atom. The molecule has 0 saturated heterocycles. The summed E-state index contributed by atoms with van der Waals surface area (Å²) in [5.41, 5.74) is 4.32. The van der Waals surface area contributed by atoms with Crippen LogP contribution in [0, 0.1) is 5.41 Å². The first-order valence-electron chi connectivity index (χ1n) is 4.56. The number of hydrogen-bond donors (Lipinski definition) is 1. The van der Waals surface area contributed by atoms with Gasteiger partial charge in [-0.05, 0) is 18.3 Å². The highest BCUT2D eigenvalue weighted by Crippen LogP contribution is 2.65. The number of rotatable bonds is 1. The second kappa shape index (κ2) is 3.28. The predicted molar refractivity (Wildman–Crippen MR) is 52.0 cm³/mol. The van der Waals surface area contributed by atoms with Crippen molar-refractivity contribution >= 4 is 18.4 Å². The van der Waals surface area contributed by atoms with Gasteiger partial charge in [-0.15, -0.1) is 12.4 Å². The Morgan fingerprint density at radius 1 is 1.27 bits per heavy atom. The van der Waals surface area contributed by atoms with E-state index in [9.17, 15) is 13.6 Å². The van der Waals surface area contributed by atoms with Crippen molar-refractivity contribution in [1.29, 1.82) is 0 Å². The van der Waals surface area contributed by atoms with Gasteiger partial charge in [-0.2, -0.15) is 0 Å². The number of carbonyl (C=O) groups is 1. The lowest BCUT2D eigenvalue weighted by atomic mass is 9.47. The number of esters is 1. The molecule has 0 heterocycles. The van der Waals surface area contributed by atoms with Crippen LogP contribution in [0.4, 0.5) is 8.78 Å². The summed E-state index contributed by atoms with van der Waals surface area (Å²) in [5, 5.41) is 0. The average Bonchev–Trinajstić information content (AvgIpc) is 1.96. The molecule has 2 N–H and O–H groups in total. The van der Waals surface area contributed by atoms with Crippen molar-refractivity contribution < 1.29 is 18.3 Å². The van der Waals surface area contributed by atoms with Crippen LogP contribution in [0.2, 0.25) is 0 Å². The van der Waals surface area contributed by atoms with Gasteiger partial charge in [0, 0.05) is 12.8 Å². The van der Waals surface area contributed by atoms with E-state index in [0.29, 0.717) is 12.8 Å². The number of halogens is 3. The Labute approximate surface area is 92.7 Å². The molecule has 2 saturated carbocycles. The van der Waals surface area contributed by atoms with Crippen molar-refractivity contribution in [3.8, 4) is 0 Å². The molecule has 2 aliphatic rings. The maximum Gasteiger partial charge on any atom is 0.325 e. The molecule has 0 radical (unpaired) electrons. The van der Waals surface area contributed by atoms with Crippen LogP contribution < -0.4 is 5.73 Å². The molecule has 0 bridgehead atoms. The average molecular weight is 242 g/mol. The van der Waals surface area contributed by atoms with E-state index in [0.717, 1.165) is 0 Å².